The number of nitrogens with one attached hydrogen (secondary N) is 1. The molecule has 1 N–H and O–H groups in total. The smallest absolute Gasteiger partial charge is 0.0106 e. The van der Waals surface area contributed by atoms with Crippen LogP contribution in [0.4, 0.5) is 0 Å². The van der Waals surface area contributed by atoms with E-state index in [1.807, 2.05) is 0 Å². The second-order valence-electron chi connectivity index (χ2n) is 8.02. The van der Waals surface area contributed by atoms with Crippen LogP contribution in [0.15, 0.2) is 0 Å². The third-order valence-electron chi connectivity index (χ3n) is 6.64. The Labute approximate surface area is 117 Å². The first-order valence-electron chi connectivity index (χ1n) is 8.32. The van der Waals surface area contributed by atoms with Gasteiger partial charge < -0.3 is 10.2 Å². The highest BCUT2D eigenvalue weighted by atomic mass is 15.3. The molecule has 108 valence electrons. The molecule has 3 heteroatoms. The second kappa shape index (κ2) is 4.44. The Morgan fingerprint density at radius 3 is 2.16 bits per heavy atom. The molecule has 3 nitrogen and oxygen atoms in total. The molecule has 0 aromatic rings. The third kappa shape index (κ3) is 2.14. The van der Waals surface area contributed by atoms with Crippen LogP contribution in [0, 0.1) is 10.8 Å². The van der Waals surface area contributed by atoms with Crippen LogP contribution in [-0.4, -0.2) is 62.2 Å². The molecule has 0 amide bonds. The highest BCUT2D eigenvalue weighted by Crippen LogP contribution is 2.53. The summed E-state index contributed by atoms with van der Waals surface area (Å²) < 4.78 is 0. The first kappa shape index (κ1) is 12.6. The molecule has 19 heavy (non-hydrogen) atoms. The van der Waals surface area contributed by atoms with Crippen LogP contribution in [0.2, 0.25) is 0 Å². The molecule has 2 spiro atoms. The lowest BCUT2D eigenvalue weighted by Crippen LogP contribution is -2.66. The summed E-state index contributed by atoms with van der Waals surface area (Å²) in [7, 11) is 2.27. The van der Waals surface area contributed by atoms with E-state index in [-0.39, 0.29) is 0 Å². The number of hydrogen-bond acceptors (Lipinski definition) is 3. The van der Waals surface area contributed by atoms with E-state index in [2.05, 4.69) is 22.2 Å². The minimum absolute atomic E-state index is 0.726. The van der Waals surface area contributed by atoms with Gasteiger partial charge in [0, 0.05) is 19.1 Å². The lowest BCUT2D eigenvalue weighted by Gasteiger charge is -2.62. The summed E-state index contributed by atoms with van der Waals surface area (Å²) in [4.78, 5) is 5.32. The molecule has 0 radical (unpaired) electrons. The van der Waals surface area contributed by atoms with Crippen LogP contribution in [0.25, 0.3) is 0 Å². The van der Waals surface area contributed by atoms with Crippen molar-refractivity contribution in [1.29, 1.82) is 0 Å². The standard InChI is InChI=1S/C16H29N3/c1-18-8-4-16(5-9-18)12-19(13-16)14-10-15(11-14)2-6-17-7-3-15/h14,17H,2-13H2,1H3. The van der Waals surface area contributed by atoms with Crippen molar-refractivity contribution in [3.8, 4) is 0 Å². The van der Waals surface area contributed by atoms with E-state index in [0.29, 0.717) is 0 Å². The molecular formula is C16H29N3. The normalized spacial score (nSPS) is 35.2. The van der Waals surface area contributed by atoms with E-state index in [1.54, 1.807) is 0 Å². The quantitative estimate of drug-likeness (QED) is 0.774. The van der Waals surface area contributed by atoms with Crippen molar-refractivity contribution >= 4 is 0 Å². The van der Waals surface area contributed by atoms with Crippen molar-refractivity contribution in [3.05, 3.63) is 0 Å². The summed E-state index contributed by atoms with van der Waals surface area (Å²) in [6, 6.07) is 0.948. The molecule has 1 saturated carbocycles. The molecule has 0 aromatic heterocycles. The molecule has 3 aliphatic heterocycles. The van der Waals surface area contributed by atoms with E-state index >= 15 is 0 Å². The van der Waals surface area contributed by atoms with E-state index in [4.69, 9.17) is 0 Å². The molecule has 0 aromatic carbocycles. The predicted molar refractivity (Wildman–Crippen MR) is 78.3 cm³/mol. The minimum atomic E-state index is 0.726. The molecule has 4 rings (SSSR count). The van der Waals surface area contributed by atoms with Crippen LogP contribution in [0.1, 0.15) is 38.5 Å². The molecule has 0 bridgehead atoms. The fourth-order valence-corrected chi connectivity index (χ4v) is 5.05. The van der Waals surface area contributed by atoms with Crippen LogP contribution >= 0.6 is 0 Å². The minimum Gasteiger partial charge on any atom is -0.317 e. The van der Waals surface area contributed by atoms with Crippen LogP contribution < -0.4 is 5.32 Å². The van der Waals surface area contributed by atoms with Crippen molar-refractivity contribution in [2.75, 3.05) is 46.3 Å². The van der Waals surface area contributed by atoms with Gasteiger partial charge in [0.2, 0.25) is 0 Å². The first-order chi connectivity index (χ1) is 9.19. The van der Waals surface area contributed by atoms with E-state index in [1.165, 1.54) is 77.8 Å². The Morgan fingerprint density at radius 2 is 1.53 bits per heavy atom. The van der Waals surface area contributed by atoms with Gasteiger partial charge in [0.25, 0.3) is 0 Å². The average Bonchev–Trinajstić information content (AvgIpc) is 2.36. The largest absolute Gasteiger partial charge is 0.317 e. The predicted octanol–water partition coefficient (Wildman–Crippen LogP) is 1.55. The average molecular weight is 263 g/mol. The van der Waals surface area contributed by atoms with Gasteiger partial charge in [-0.3, -0.25) is 4.90 Å². The number of hydrogen-bond donors (Lipinski definition) is 1. The Bertz CT molecular complexity index is 324. The molecule has 3 heterocycles. The second-order valence-corrected chi connectivity index (χ2v) is 8.02. The van der Waals surface area contributed by atoms with Crippen molar-refractivity contribution in [1.82, 2.24) is 15.1 Å². The number of nitrogens with zero attached hydrogens (tertiary/aromatic N) is 2. The van der Waals surface area contributed by atoms with E-state index in [0.717, 1.165) is 16.9 Å². The maximum absolute atomic E-state index is 3.51. The number of likely N-dealkylation sites (tertiary alicyclic amines) is 2. The molecule has 0 atom stereocenters. The van der Waals surface area contributed by atoms with Crippen LogP contribution in [0.5, 0.6) is 0 Å². The SMILES string of the molecule is CN1CCC2(CC1)CN(C1CC3(CCNCC3)C1)C2. The van der Waals surface area contributed by atoms with Crippen molar-refractivity contribution in [3.63, 3.8) is 0 Å². The molecule has 3 saturated heterocycles. The summed E-state index contributed by atoms with van der Waals surface area (Å²) in [6.07, 6.45) is 8.78. The van der Waals surface area contributed by atoms with Gasteiger partial charge in [-0.25, -0.2) is 0 Å². The molecule has 0 unspecified atom stereocenters. The molecule has 4 fully saturated rings. The van der Waals surface area contributed by atoms with Crippen LogP contribution in [-0.2, 0) is 0 Å². The lowest BCUT2D eigenvalue weighted by molar-refractivity contribution is -0.121. The van der Waals surface area contributed by atoms with Gasteiger partial charge in [-0.2, -0.15) is 0 Å². The zero-order chi connectivity index (χ0) is 12.9. The Hall–Kier alpha value is -0.120. The van der Waals surface area contributed by atoms with Crippen LogP contribution in [0.3, 0.4) is 0 Å². The topological polar surface area (TPSA) is 18.5 Å². The summed E-state index contributed by atoms with van der Waals surface area (Å²) in [5.41, 5.74) is 1.48. The summed E-state index contributed by atoms with van der Waals surface area (Å²) in [5.74, 6) is 0. The fourth-order valence-electron chi connectivity index (χ4n) is 5.05. The van der Waals surface area contributed by atoms with Crippen molar-refractivity contribution in [2.24, 2.45) is 10.8 Å². The van der Waals surface area contributed by atoms with Crippen molar-refractivity contribution in [2.45, 2.75) is 44.6 Å². The van der Waals surface area contributed by atoms with Gasteiger partial charge in [0.1, 0.15) is 0 Å². The zero-order valence-corrected chi connectivity index (χ0v) is 12.5. The summed E-state index contributed by atoms with van der Waals surface area (Å²) in [5, 5.41) is 3.51. The highest BCUT2D eigenvalue weighted by molar-refractivity contribution is 5.07. The molecular weight excluding hydrogens is 234 g/mol. The van der Waals surface area contributed by atoms with Gasteiger partial charge in [-0.1, -0.05) is 0 Å². The van der Waals surface area contributed by atoms with Crippen molar-refractivity contribution < 1.29 is 0 Å². The van der Waals surface area contributed by atoms with E-state index < -0.39 is 0 Å². The fraction of sp³-hybridized carbons (Fsp3) is 1.00. The Balaban J connectivity index is 1.26. The monoisotopic (exact) mass is 263 g/mol. The summed E-state index contributed by atoms with van der Waals surface area (Å²) in [6.45, 7) is 8.02. The Morgan fingerprint density at radius 1 is 0.895 bits per heavy atom. The maximum Gasteiger partial charge on any atom is 0.0106 e. The number of rotatable bonds is 1. The molecule has 4 aliphatic rings. The maximum atomic E-state index is 3.51. The highest BCUT2D eigenvalue weighted by Gasteiger charge is 2.53. The van der Waals surface area contributed by atoms with Gasteiger partial charge in [-0.05, 0) is 82.6 Å². The van der Waals surface area contributed by atoms with Gasteiger partial charge in [0.05, 0.1) is 0 Å². The van der Waals surface area contributed by atoms with E-state index in [9.17, 15) is 0 Å². The lowest BCUT2D eigenvalue weighted by atomic mass is 9.58. The third-order valence-corrected chi connectivity index (χ3v) is 6.64. The summed E-state index contributed by atoms with van der Waals surface area (Å²) >= 11 is 0. The van der Waals surface area contributed by atoms with Gasteiger partial charge in [0.15, 0.2) is 0 Å². The first-order valence-corrected chi connectivity index (χ1v) is 8.32. The van der Waals surface area contributed by atoms with Gasteiger partial charge >= 0.3 is 0 Å². The zero-order valence-electron chi connectivity index (χ0n) is 12.5. The Kier molecular flexibility index (Phi) is 2.95. The number of piperidine rings is 2. The van der Waals surface area contributed by atoms with Gasteiger partial charge in [-0.15, -0.1) is 0 Å². The molecule has 1 aliphatic carbocycles.